The molecule has 0 aliphatic heterocycles. The van der Waals surface area contributed by atoms with Crippen molar-refractivity contribution in [1.82, 2.24) is 0 Å². The molecule has 0 aliphatic carbocycles. The summed E-state index contributed by atoms with van der Waals surface area (Å²) >= 11 is 0. The van der Waals surface area contributed by atoms with Crippen LogP contribution in [0.15, 0.2) is 72.9 Å². The summed E-state index contributed by atoms with van der Waals surface area (Å²) in [6, 6.07) is 0. The van der Waals surface area contributed by atoms with Crippen LogP contribution in [0.5, 0.6) is 0 Å². The van der Waals surface area contributed by atoms with Crippen LogP contribution in [0.1, 0.15) is 155 Å². The fraction of sp³-hybridized carbons (Fsp3) is 0.696. The zero-order valence-corrected chi connectivity index (χ0v) is 36.9. The number of phosphoric ester groups is 1. The van der Waals surface area contributed by atoms with E-state index < -0.39 is 32.5 Å². The van der Waals surface area contributed by atoms with E-state index >= 15 is 0 Å². The average Bonchev–Trinajstić information content (AvgIpc) is 3.15. The molecule has 0 bridgehead atoms. The van der Waals surface area contributed by atoms with E-state index in [9.17, 15) is 19.0 Å². The summed E-state index contributed by atoms with van der Waals surface area (Å²) in [4.78, 5) is 37.4. The predicted molar refractivity (Wildman–Crippen MR) is 231 cm³/mol. The SMILES string of the molecule is CCCCC/C=C/C/C=C/C/C=C/C/C=C/C/C=C/CCC(=O)O[C@H](COC(=O)CCCCC/C=C/CCCCCCCC)COP(=O)([O-])OCC[N+](C)(C)C. The van der Waals surface area contributed by atoms with Gasteiger partial charge in [-0.05, 0) is 77.0 Å². The number of quaternary nitrogens is 1. The first-order chi connectivity index (χ1) is 27.0. The highest BCUT2D eigenvalue weighted by molar-refractivity contribution is 7.45. The number of ether oxygens (including phenoxy) is 2. The molecule has 0 saturated heterocycles. The molecular formula is C46H80NO8P. The molecule has 0 saturated carbocycles. The predicted octanol–water partition coefficient (Wildman–Crippen LogP) is 11.6. The Morgan fingerprint density at radius 2 is 1.00 bits per heavy atom. The monoisotopic (exact) mass is 806 g/mol. The quantitative estimate of drug-likeness (QED) is 0.0199. The highest BCUT2D eigenvalue weighted by Gasteiger charge is 2.21. The number of phosphoric acid groups is 1. The maximum Gasteiger partial charge on any atom is 0.306 e. The van der Waals surface area contributed by atoms with Crippen LogP contribution in [0.3, 0.4) is 0 Å². The van der Waals surface area contributed by atoms with Crippen molar-refractivity contribution in [2.45, 2.75) is 161 Å². The number of nitrogens with zero attached hydrogens (tertiary/aromatic N) is 1. The topological polar surface area (TPSA) is 111 Å². The number of carbonyl (C=O) groups is 2. The number of esters is 2. The minimum absolute atomic E-state index is 0.0496. The first-order valence-corrected chi connectivity index (χ1v) is 23.1. The number of likely N-dealkylation sites (N-methyl/N-ethyl adjacent to an activating group) is 1. The van der Waals surface area contributed by atoms with Crippen molar-refractivity contribution in [3.63, 3.8) is 0 Å². The summed E-state index contributed by atoms with van der Waals surface area (Å²) in [5.41, 5.74) is 0. The summed E-state index contributed by atoms with van der Waals surface area (Å²) in [6.07, 6.45) is 46.6. The molecule has 0 heterocycles. The van der Waals surface area contributed by atoms with Crippen LogP contribution in [-0.4, -0.2) is 70.0 Å². The molecule has 56 heavy (non-hydrogen) atoms. The van der Waals surface area contributed by atoms with E-state index in [1.54, 1.807) is 0 Å². The van der Waals surface area contributed by atoms with Crippen LogP contribution < -0.4 is 4.89 Å². The molecule has 0 fully saturated rings. The highest BCUT2D eigenvalue weighted by atomic mass is 31.2. The Kier molecular flexibility index (Phi) is 36.3. The lowest BCUT2D eigenvalue weighted by atomic mass is 10.1. The molecule has 322 valence electrons. The fourth-order valence-corrected chi connectivity index (χ4v) is 6.01. The Morgan fingerprint density at radius 1 is 0.554 bits per heavy atom. The third-order valence-corrected chi connectivity index (χ3v) is 9.68. The minimum atomic E-state index is -4.65. The number of unbranched alkanes of at least 4 members (excludes halogenated alkanes) is 12. The molecule has 0 rings (SSSR count). The molecule has 2 atom stereocenters. The van der Waals surface area contributed by atoms with Gasteiger partial charge in [-0.15, -0.1) is 0 Å². The maximum absolute atomic E-state index is 12.6. The number of hydrogen-bond acceptors (Lipinski definition) is 8. The Balaban J connectivity index is 4.54. The van der Waals surface area contributed by atoms with Gasteiger partial charge in [0.1, 0.15) is 19.8 Å². The van der Waals surface area contributed by atoms with Crippen molar-refractivity contribution in [3.8, 4) is 0 Å². The van der Waals surface area contributed by atoms with Gasteiger partial charge >= 0.3 is 11.9 Å². The second-order valence-electron chi connectivity index (χ2n) is 15.3. The second-order valence-corrected chi connectivity index (χ2v) is 16.8. The minimum Gasteiger partial charge on any atom is -0.756 e. The smallest absolute Gasteiger partial charge is 0.306 e. The number of rotatable bonds is 38. The van der Waals surface area contributed by atoms with E-state index in [4.69, 9.17) is 18.5 Å². The van der Waals surface area contributed by atoms with Gasteiger partial charge in [0, 0.05) is 12.8 Å². The van der Waals surface area contributed by atoms with E-state index in [-0.39, 0.29) is 26.1 Å². The van der Waals surface area contributed by atoms with Gasteiger partial charge in [-0.25, -0.2) is 0 Å². The van der Waals surface area contributed by atoms with Crippen LogP contribution in [0.25, 0.3) is 0 Å². The summed E-state index contributed by atoms with van der Waals surface area (Å²) in [5.74, 6) is -0.956. The van der Waals surface area contributed by atoms with Gasteiger partial charge in [-0.1, -0.05) is 138 Å². The van der Waals surface area contributed by atoms with Gasteiger partial charge < -0.3 is 27.9 Å². The largest absolute Gasteiger partial charge is 0.756 e. The Hall–Kier alpha value is -2.55. The van der Waals surface area contributed by atoms with E-state index in [0.29, 0.717) is 23.9 Å². The van der Waals surface area contributed by atoms with Crippen molar-refractivity contribution in [1.29, 1.82) is 0 Å². The van der Waals surface area contributed by atoms with Crippen LogP contribution in [0, 0.1) is 0 Å². The van der Waals surface area contributed by atoms with Gasteiger partial charge in [-0.2, -0.15) is 0 Å². The molecule has 0 spiro atoms. The van der Waals surface area contributed by atoms with Crippen LogP contribution in [0.2, 0.25) is 0 Å². The third kappa shape index (κ3) is 41.1. The molecular weight excluding hydrogens is 725 g/mol. The van der Waals surface area contributed by atoms with E-state index in [0.717, 1.165) is 51.4 Å². The number of allylic oxidation sites excluding steroid dienone is 12. The maximum atomic E-state index is 12.6. The zero-order valence-electron chi connectivity index (χ0n) is 36.1. The van der Waals surface area contributed by atoms with Gasteiger partial charge in [0.25, 0.3) is 7.82 Å². The summed E-state index contributed by atoms with van der Waals surface area (Å²) < 4.78 is 33.7. The molecule has 0 aromatic rings. The summed E-state index contributed by atoms with van der Waals surface area (Å²) in [5, 5.41) is 0. The summed E-state index contributed by atoms with van der Waals surface area (Å²) in [6.45, 7) is 4.06. The fourth-order valence-electron chi connectivity index (χ4n) is 5.28. The van der Waals surface area contributed by atoms with Crippen LogP contribution in [0.4, 0.5) is 0 Å². The molecule has 0 N–H and O–H groups in total. The van der Waals surface area contributed by atoms with E-state index in [1.807, 2.05) is 33.3 Å². The summed E-state index contributed by atoms with van der Waals surface area (Å²) in [7, 11) is 1.10. The van der Waals surface area contributed by atoms with Crippen LogP contribution >= 0.6 is 7.82 Å². The van der Waals surface area contributed by atoms with Crippen molar-refractivity contribution in [3.05, 3.63) is 72.9 Å². The van der Waals surface area contributed by atoms with Crippen molar-refractivity contribution in [2.75, 3.05) is 47.5 Å². The molecule has 0 aromatic heterocycles. The van der Waals surface area contributed by atoms with Crippen molar-refractivity contribution < 1.29 is 42.1 Å². The third-order valence-electron chi connectivity index (χ3n) is 8.71. The molecule has 10 heteroatoms. The lowest BCUT2D eigenvalue weighted by Gasteiger charge is -2.28. The molecule has 0 amide bonds. The number of carbonyl (C=O) groups excluding carboxylic acids is 2. The first-order valence-electron chi connectivity index (χ1n) is 21.6. The Bertz CT molecular complexity index is 1180. The van der Waals surface area contributed by atoms with E-state index in [1.165, 1.54) is 64.2 Å². The van der Waals surface area contributed by atoms with Gasteiger partial charge in [0.05, 0.1) is 27.7 Å². The first kappa shape index (κ1) is 53.5. The lowest BCUT2D eigenvalue weighted by molar-refractivity contribution is -0.870. The van der Waals surface area contributed by atoms with Crippen molar-refractivity contribution >= 4 is 19.8 Å². The van der Waals surface area contributed by atoms with Gasteiger partial charge in [-0.3, -0.25) is 14.2 Å². The average molecular weight is 806 g/mol. The van der Waals surface area contributed by atoms with Crippen LogP contribution in [-0.2, 0) is 32.7 Å². The van der Waals surface area contributed by atoms with E-state index in [2.05, 4.69) is 74.6 Å². The molecule has 0 aromatic carbocycles. The molecule has 9 nitrogen and oxygen atoms in total. The second kappa shape index (κ2) is 38.0. The molecule has 1 unspecified atom stereocenters. The van der Waals surface area contributed by atoms with Gasteiger partial charge in [0.2, 0.25) is 0 Å². The lowest BCUT2D eigenvalue weighted by Crippen LogP contribution is -2.37. The Morgan fingerprint density at radius 3 is 1.55 bits per heavy atom. The standard InChI is InChI=1S/C46H80NO8P/c1-6-8-10-12-14-16-18-20-21-22-23-24-25-27-29-31-33-35-37-39-46(49)55-44(43-54-56(50,51)53-41-40-47(3,4)5)42-52-45(48)38-36-34-32-30-28-26-19-17-15-13-11-9-7-2/h14,16,20-21,23-24,26-29,33,35,44H,6-13,15,17-19,22,25,30-32,34,36-43H2,1-5H3/b16-14+,21-20+,24-23+,28-26+,29-27+,35-33+/t44-/m1/s1. The van der Waals surface area contributed by atoms with Crippen molar-refractivity contribution in [2.24, 2.45) is 0 Å². The highest BCUT2D eigenvalue weighted by Crippen LogP contribution is 2.38. The Labute approximate surface area is 342 Å². The molecule has 0 aliphatic rings. The van der Waals surface area contributed by atoms with Gasteiger partial charge in [0.15, 0.2) is 6.10 Å². The zero-order chi connectivity index (χ0) is 41.4. The number of hydrogen-bond donors (Lipinski definition) is 0. The molecule has 0 radical (unpaired) electrons. The normalized spacial score (nSPS) is 14.3.